The molecule has 0 heterocycles. The van der Waals surface area contributed by atoms with Gasteiger partial charge in [0, 0.05) is 24.7 Å². The molecule has 2 aromatic rings. The van der Waals surface area contributed by atoms with Gasteiger partial charge < -0.3 is 19.9 Å². The smallest absolute Gasteiger partial charge is 0.414 e. The Labute approximate surface area is 216 Å². The SMILES string of the molecule is CN(C(=O)OCC(Cl)(Cl)Cl)c1ccc(C(=O)NC(CCC(=O)O)C(=O)OCc2ccccc2)cc1. The monoisotopic (exact) mass is 544 g/mol. The Morgan fingerprint density at radius 2 is 1.63 bits per heavy atom. The number of hydrogen-bond donors (Lipinski definition) is 2. The number of carbonyl (C=O) groups is 4. The van der Waals surface area contributed by atoms with Crippen molar-refractivity contribution in [3.8, 4) is 0 Å². The summed E-state index contributed by atoms with van der Waals surface area (Å²) >= 11 is 16.7. The predicted molar refractivity (Wildman–Crippen MR) is 131 cm³/mol. The van der Waals surface area contributed by atoms with Gasteiger partial charge in [0.1, 0.15) is 19.3 Å². The minimum Gasteiger partial charge on any atom is -0.481 e. The Kier molecular flexibility index (Phi) is 10.6. The molecule has 35 heavy (non-hydrogen) atoms. The lowest BCUT2D eigenvalue weighted by atomic mass is 10.1. The molecule has 2 amide bonds. The second kappa shape index (κ2) is 13.2. The number of alkyl halides is 3. The molecule has 12 heteroatoms. The zero-order chi connectivity index (χ0) is 26.0. The van der Waals surface area contributed by atoms with Gasteiger partial charge in [0.25, 0.3) is 5.91 Å². The molecular weight excluding hydrogens is 523 g/mol. The molecule has 0 aromatic heterocycles. The van der Waals surface area contributed by atoms with Gasteiger partial charge in [0.15, 0.2) is 0 Å². The van der Waals surface area contributed by atoms with Crippen LogP contribution in [0.1, 0.15) is 28.8 Å². The van der Waals surface area contributed by atoms with E-state index >= 15 is 0 Å². The Hall–Kier alpha value is -3.01. The standard InChI is InChI=1S/C23H23Cl3N2O7/c1-28(22(33)35-14-23(24,25)26)17-9-7-16(8-10-17)20(31)27-18(11-12-19(29)30)21(32)34-13-15-5-3-2-4-6-15/h2-10,18H,11-14H2,1H3,(H,27,31)(H,29,30). The first kappa shape index (κ1) is 28.2. The molecule has 1 unspecified atom stereocenters. The third-order valence-corrected chi connectivity index (χ3v) is 4.94. The third-order valence-electron chi connectivity index (χ3n) is 4.61. The number of nitrogens with zero attached hydrogens (tertiary/aromatic N) is 1. The number of carboxylic acids is 1. The number of ether oxygens (including phenoxy) is 2. The van der Waals surface area contributed by atoms with Crippen LogP contribution in [0.5, 0.6) is 0 Å². The molecule has 0 radical (unpaired) electrons. The Bertz CT molecular complexity index is 1030. The van der Waals surface area contributed by atoms with Gasteiger partial charge in [0.05, 0.1) is 0 Å². The molecule has 2 N–H and O–H groups in total. The molecule has 0 aliphatic rings. The third kappa shape index (κ3) is 10.0. The molecule has 2 aromatic carbocycles. The van der Waals surface area contributed by atoms with E-state index in [1.807, 2.05) is 6.07 Å². The average Bonchev–Trinajstić information content (AvgIpc) is 2.83. The van der Waals surface area contributed by atoms with E-state index in [0.717, 1.165) is 10.5 Å². The van der Waals surface area contributed by atoms with Gasteiger partial charge in [-0.1, -0.05) is 65.1 Å². The number of halogens is 3. The maximum atomic E-state index is 12.7. The number of hydrogen-bond acceptors (Lipinski definition) is 6. The van der Waals surface area contributed by atoms with Crippen LogP contribution in [-0.2, 0) is 25.7 Å². The second-order valence-corrected chi connectivity index (χ2v) is 9.84. The number of amides is 2. The van der Waals surface area contributed by atoms with Gasteiger partial charge in [-0.25, -0.2) is 9.59 Å². The highest BCUT2D eigenvalue weighted by molar-refractivity contribution is 6.67. The fraction of sp³-hybridized carbons (Fsp3) is 0.304. The van der Waals surface area contributed by atoms with E-state index in [1.54, 1.807) is 24.3 Å². The molecule has 0 bridgehead atoms. The summed E-state index contributed by atoms with van der Waals surface area (Å²) in [5, 5.41) is 11.5. The summed E-state index contributed by atoms with van der Waals surface area (Å²) in [5.41, 5.74) is 1.31. The lowest BCUT2D eigenvalue weighted by molar-refractivity contribution is -0.147. The van der Waals surface area contributed by atoms with Crippen LogP contribution in [0.4, 0.5) is 10.5 Å². The van der Waals surface area contributed by atoms with Crippen LogP contribution < -0.4 is 10.2 Å². The molecular formula is C23H23Cl3N2O7. The molecule has 9 nitrogen and oxygen atoms in total. The molecule has 0 fully saturated rings. The summed E-state index contributed by atoms with van der Waals surface area (Å²) in [6, 6.07) is 13.6. The number of rotatable bonds is 10. The number of nitrogens with one attached hydrogen (secondary N) is 1. The Morgan fingerprint density at radius 1 is 1.00 bits per heavy atom. The van der Waals surface area contributed by atoms with Crippen LogP contribution in [0.3, 0.4) is 0 Å². The zero-order valence-corrected chi connectivity index (χ0v) is 20.8. The normalized spacial score (nSPS) is 11.8. The molecule has 0 spiro atoms. The number of esters is 1. The summed E-state index contributed by atoms with van der Waals surface area (Å²) in [5.74, 6) is -2.49. The number of carboxylic acid groups (broad SMARTS) is 1. The fourth-order valence-corrected chi connectivity index (χ4v) is 2.93. The van der Waals surface area contributed by atoms with Crippen molar-refractivity contribution in [1.82, 2.24) is 5.32 Å². The fourth-order valence-electron chi connectivity index (χ4n) is 2.77. The van der Waals surface area contributed by atoms with E-state index in [-0.39, 0.29) is 25.0 Å². The van der Waals surface area contributed by atoms with E-state index in [0.29, 0.717) is 5.69 Å². The van der Waals surface area contributed by atoms with Crippen molar-refractivity contribution < 1.29 is 33.8 Å². The first-order valence-corrected chi connectivity index (χ1v) is 11.4. The van der Waals surface area contributed by atoms with E-state index in [9.17, 15) is 19.2 Å². The van der Waals surface area contributed by atoms with Crippen LogP contribution in [0.2, 0.25) is 0 Å². The molecule has 0 saturated carbocycles. The molecule has 1 atom stereocenters. The minimum atomic E-state index is -1.75. The summed E-state index contributed by atoms with van der Waals surface area (Å²) in [6.45, 7) is -0.464. The predicted octanol–water partition coefficient (Wildman–Crippen LogP) is 4.34. The first-order valence-electron chi connectivity index (χ1n) is 10.3. The van der Waals surface area contributed by atoms with E-state index < -0.39 is 40.4 Å². The van der Waals surface area contributed by atoms with Crippen molar-refractivity contribution in [1.29, 1.82) is 0 Å². The molecule has 0 saturated heterocycles. The van der Waals surface area contributed by atoms with Crippen molar-refractivity contribution in [2.75, 3.05) is 18.6 Å². The quantitative estimate of drug-likeness (QED) is 0.336. The maximum absolute atomic E-state index is 12.7. The molecule has 0 aliphatic carbocycles. The topological polar surface area (TPSA) is 122 Å². The molecule has 188 valence electrons. The van der Waals surface area contributed by atoms with Crippen LogP contribution in [0, 0.1) is 0 Å². The number of carbonyl (C=O) groups excluding carboxylic acids is 3. The van der Waals surface area contributed by atoms with Crippen LogP contribution >= 0.6 is 34.8 Å². The number of aliphatic carboxylic acids is 1. The maximum Gasteiger partial charge on any atom is 0.414 e. The lowest BCUT2D eigenvalue weighted by Gasteiger charge is -2.20. The highest BCUT2D eigenvalue weighted by Crippen LogP contribution is 2.26. The van der Waals surface area contributed by atoms with Crippen molar-refractivity contribution in [3.05, 3.63) is 65.7 Å². The zero-order valence-electron chi connectivity index (χ0n) is 18.6. The van der Waals surface area contributed by atoms with Crippen LogP contribution in [0.15, 0.2) is 54.6 Å². The average molecular weight is 546 g/mol. The van der Waals surface area contributed by atoms with Crippen molar-refractivity contribution in [2.24, 2.45) is 0 Å². The van der Waals surface area contributed by atoms with Gasteiger partial charge in [-0.3, -0.25) is 14.5 Å². The summed E-state index contributed by atoms with van der Waals surface area (Å²) < 4.78 is 8.39. The second-order valence-electron chi connectivity index (χ2n) is 7.33. The highest BCUT2D eigenvalue weighted by atomic mass is 35.6. The van der Waals surface area contributed by atoms with Gasteiger partial charge >= 0.3 is 18.0 Å². The van der Waals surface area contributed by atoms with Crippen LogP contribution in [-0.4, -0.2) is 52.5 Å². The van der Waals surface area contributed by atoms with Crippen molar-refractivity contribution >= 4 is 64.4 Å². The molecule has 0 aliphatic heterocycles. The van der Waals surface area contributed by atoms with Gasteiger partial charge in [-0.15, -0.1) is 0 Å². The van der Waals surface area contributed by atoms with E-state index in [4.69, 9.17) is 49.4 Å². The first-order chi connectivity index (χ1) is 16.5. The van der Waals surface area contributed by atoms with Gasteiger partial charge in [0.2, 0.25) is 3.79 Å². The van der Waals surface area contributed by atoms with Crippen molar-refractivity contribution in [3.63, 3.8) is 0 Å². The number of anilines is 1. The van der Waals surface area contributed by atoms with Crippen molar-refractivity contribution in [2.45, 2.75) is 29.3 Å². The Balaban J connectivity index is 2.02. The number of benzene rings is 2. The van der Waals surface area contributed by atoms with Gasteiger partial charge in [-0.05, 0) is 36.2 Å². The lowest BCUT2D eigenvalue weighted by Crippen LogP contribution is -2.42. The summed E-state index contributed by atoms with van der Waals surface area (Å²) in [4.78, 5) is 49.4. The van der Waals surface area contributed by atoms with Gasteiger partial charge in [-0.2, -0.15) is 0 Å². The van der Waals surface area contributed by atoms with E-state index in [1.165, 1.54) is 31.3 Å². The summed E-state index contributed by atoms with van der Waals surface area (Å²) in [7, 11) is 1.43. The molecule has 2 rings (SSSR count). The minimum absolute atomic E-state index is 0.0193. The van der Waals surface area contributed by atoms with Crippen LogP contribution in [0.25, 0.3) is 0 Å². The highest BCUT2D eigenvalue weighted by Gasteiger charge is 2.25. The largest absolute Gasteiger partial charge is 0.481 e. The summed E-state index contributed by atoms with van der Waals surface area (Å²) in [6.07, 6.45) is -1.26. The Morgan fingerprint density at radius 3 is 2.20 bits per heavy atom. The van der Waals surface area contributed by atoms with E-state index in [2.05, 4.69) is 5.32 Å².